The number of guanidine groups is 1. The van der Waals surface area contributed by atoms with Crippen LogP contribution in [-0.4, -0.2) is 29.7 Å². The SMILES string of the molecule is CN=C(NCc1noc(C)n1)NCC1(c2cccc(C(F)(F)F)c2)CCC1.I. The third kappa shape index (κ3) is 5.15. The Bertz CT molecular complexity index is 818. The summed E-state index contributed by atoms with van der Waals surface area (Å²) in [5, 5.41) is 10.1. The van der Waals surface area contributed by atoms with Gasteiger partial charge < -0.3 is 15.2 Å². The molecule has 1 aliphatic carbocycles. The van der Waals surface area contributed by atoms with E-state index < -0.39 is 11.7 Å². The maximum Gasteiger partial charge on any atom is 0.416 e. The van der Waals surface area contributed by atoms with Crippen molar-refractivity contribution < 1.29 is 17.7 Å². The summed E-state index contributed by atoms with van der Waals surface area (Å²) in [4.78, 5) is 8.25. The zero-order valence-corrected chi connectivity index (χ0v) is 18.0. The monoisotopic (exact) mass is 509 g/mol. The predicted octanol–water partition coefficient (Wildman–Crippen LogP) is 3.80. The van der Waals surface area contributed by atoms with Gasteiger partial charge in [0.25, 0.3) is 0 Å². The molecule has 154 valence electrons. The zero-order chi connectivity index (χ0) is 19.5. The van der Waals surface area contributed by atoms with E-state index in [9.17, 15) is 13.2 Å². The van der Waals surface area contributed by atoms with Crippen LogP contribution in [0.5, 0.6) is 0 Å². The number of hydrogen-bond acceptors (Lipinski definition) is 4. The van der Waals surface area contributed by atoms with Gasteiger partial charge in [-0.1, -0.05) is 29.8 Å². The van der Waals surface area contributed by atoms with Crippen molar-refractivity contribution in [2.45, 2.75) is 44.3 Å². The van der Waals surface area contributed by atoms with Gasteiger partial charge in [-0.05, 0) is 24.5 Å². The lowest BCUT2D eigenvalue weighted by Crippen LogP contribution is -2.48. The molecular weight excluding hydrogens is 486 g/mol. The van der Waals surface area contributed by atoms with Gasteiger partial charge in [0.15, 0.2) is 11.8 Å². The van der Waals surface area contributed by atoms with E-state index in [-0.39, 0.29) is 29.4 Å². The Morgan fingerprint density at radius 1 is 1.29 bits per heavy atom. The van der Waals surface area contributed by atoms with Crippen molar-refractivity contribution in [3.05, 3.63) is 47.1 Å². The third-order valence-electron chi connectivity index (χ3n) is 4.91. The summed E-state index contributed by atoms with van der Waals surface area (Å²) >= 11 is 0. The van der Waals surface area contributed by atoms with Gasteiger partial charge >= 0.3 is 6.18 Å². The first-order valence-electron chi connectivity index (χ1n) is 8.74. The van der Waals surface area contributed by atoms with E-state index in [2.05, 4.69) is 25.8 Å². The summed E-state index contributed by atoms with van der Waals surface area (Å²) in [5.74, 6) is 1.52. The first kappa shape index (κ1) is 22.4. The van der Waals surface area contributed by atoms with Crippen molar-refractivity contribution in [2.24, 2.45) is 4.99 Å². The number of halogens is 4. The number of nitrogens with one attached hydrogen (secondary N) is 2. The number of hydrogen-bond donors (Lipinski definition) is 2. The highest BCUT2D eigenvalue weighted by molar-refractivity contribution is 14.0. The fourth-order valence-corrected chi connectivity index (χ4v) is 3.25. The van der Waals surface area contributed by atoms with Crippen LogP contribution in [0, 0.1) is 6.92 Å². The molecule has 0 bridgehead atoms. The minimum absolute atomic E-state index is 0. The standard InChI is InChI=1S/C18H22F3N5O.HI/c1-12-25-15(26-27-12)10-23-16(22-2)24-11-17(7-4-8-17)13-5-3-6-14(9-13)18(19,20)21;/h3,5-6,9H,4,7-8,10-11H2,1-2H3,(H2,22,23,24);1H. The Labute approximate surface area is 178 Å². The summed E-state index contributed by atoms with van der Waals surface area (Å²) < 4.78 is 44.1. The quantitative estimate of drug-likeness (QED) is 0.365. The van der Waals surface area contributed by atoms with Crippen LogP contribution in [0.4, 0.5) is 13.2 Å². The molecule has 0 atom stereocenters. The second-order valence-corrected chi connectivity index (χ2v) is 6.72. The molecule has 1 aromatic heterocycles. The van der Waals surface area contributed by atoms with Crippen LogP contribution in [0.25, 0.3) is 0 Å². The molecule has 1 aliphatic rings. The van der Waals surface area contributed by atoms with E-state index in [1.54, 1.807) is 20.0 Å². The lowest BCUT2D eigenvalue weighted by atomic mass is 9.64. The van der Waals surface area contributed by atoms with Crippen molar-refractivity contribution in [2.75, 3.05) is 13.6 Å². The van der Waals surface area contributed by atoms with Crippen molar-refractivity contribution in [3.63, 3.8) is 0 Å². The van der Waals surface area contributed by atoms with Gasteiger partial charge in [0, 0.05) is 25.9 Å². The number of aromatic nitrogens is 2. The van der Waals surface area contributed by atoms with Crippen molar-refractivity contribution in [1.29, 1.82) is 0 Å². The summed E-state index contributed by atoms with van der Waals surface area (Å²) in [5.41, 5.74) is -0.219. The Balaban J connectivity index is 0.00000280. The zero-order valence-electron chi connectivity index (χ0n) is 15.6. The molecular formula is C18H23F3IN5O. The van der Waals surface area contributed by atoms with Crippen molar-refractivity contribution in [1.82, 2.24) is 20.8 Å². The van der Waals surface area contributed by atoms with E-state index in [1.807, 2.05) is 0 Å². The number of benzene rings is 1. The number of aliphatic imine (C=N–C) groups is 1. The highest BCUT2D eigenvalue weighted by Gasteiger charge is 2.40. The maximum atomic E-state index is 13.0. The molecule has 28 heavy (non-hydrogen) atoms. The number of nitrogens with zero attached hydrogens (tertiary/aromatic N) is 3. The fourth-order valence-electron chi connectivity index (χ4n) is 3.25. The van der Waals surface area contributed by atoms with Crippen LogP contribution in [0.15, 0.2) is 33.8 Å². The Kier molecular flexibility index (Phi) is 7.29. The van der Waals surface area contributed by atoms with Gasteiger partial charge in [0.1, 0.15) is 0 Å². The van der Waals surface area contributed by atoms with Crippen LogP contribution < -0.4 is 10.6 Å². The second-order valence-electron chi connectivity index (χ2n) is 6.72. The van der Waals surface area contributed by atoms with Crippen LogP contribution in [0.2, 0.25) is 0 Å². The maximum absolute atomic E-state index is 13.0. The lowest BCUT2D eigenvalue weighted by Gasteiger charge is -2.43. The van der Waals surface area contributed by atoms with E-state index in [4.69, 9.17) is 4.52 Å². The minimum Gasteiger partial charge on any atom is -0.356 e. The number of aryl methyl sites for hydroxylation is 1. The molecule has 0 amide bonds. The van der Waals surface area contributed by atoms with Gasteiger partial charge in [-0.15, -0.1) is 24.0 Å². The first-order chi connectivity index (χ1) is 12.8. The van der Waals surface area contributed by atoms with Crippen LogP contribution in [-0.2, 0) is 18.1 Å². The van der Waals surface area contributed by atoms with Crippen LogP contribution in [0.3, 0.4) is 0 Å². The third-order valence-corrected chi connectivity index (χ3v) is 4.91. The number of rotatable bonds is 5. The van der Waals surface area contributed by atoms with Crippen molar-refractivity contribution >= 4 is 29.9 Å². The first-order valence-corrected chi connectivity index (χ1v) is 8.74. The molecule has 1 aromatic carbocycles. The number of alkyl halides is 3. The molecule has 1 heterocycles. The van der Waals surface area contributed by atoms with Crippen molar-refractivity contribution in [3.8, 4) is 0 Å². The van der Waals surface area contributed by atoms with Crippen LogP contribution >= 0.6 is 24.0 Å². The lowest BCUT2D eigenvalue weighted by molar-refractivity contribution is -0.137. The van der Waals surface area contributed by atoms with Gasteiger partial charge in [0.05, 0.1) is 12.1 Å². The van der Waals surface area contributed by atoms with Gasteiger partial charge in [0.2, 0.25) is 5.89 Å². The van der Waals surface area contributed by atoms with E-state index in [0.29, 0.717) is 36.3 Å². The Morgan fingerprint density at radius 2 is 2.04 bits per heavy atom. The summed E-state index contributed by atoms with van der Waals surface area (Å²) in [6.45, 7) is 2.55. The molecule has 3 rings (SSSR count). The molecule has 1 fully saturated rings. The largest absolute Gasteiger partial charge is 0.416 e. The molecule has 0 unspecified atom stereocenters. The average Bonchev–Trinajstić information content (AvgIpc) is 3.01. The molecule has 0 spiro atoms. The molecule has 0 saturated heterocycles. The molecule has 0 radical (unpaired) electrons. The van der Waals surface area contributed by atoms with Crippen LogP contribution in [0.1, 0.15) is 42.1 Å². The minimum atomic E-state index is -4.34. The molecule has 0 aliphatic heterocycles. The van der Waals surface area contributed by atoms with Gasteiger partial charge in [-0.3, -0.25) is 4.99 Å². The predicted molar refractivity (Wildman–Crippen MR) is 110 cm³/mol. The second kappa shape index (κ2) is 9.10. The molecule has 2 aromatic rings. The molecule has 2 N–H and O–H groups in total. The summed E-state index contributed by atoms with van der Waals surface area (Å²) in [6, 6.07) is 5.62. The molecule has 1 saturated carbocycles. The van der Waals surface area contributed by atoms with E-state index >= 15 is 0 Å². The molecule has 6 nitrogen and oxygen atoms in total. The van der Waals surface area contributed by atoms with E-state index in [1.165, 1.54) is 12.1 Å². The van der Waals surface area contributed by atoms with Gasteiger partial charge in [-0.25, -0.2) is 0 Å². The fraction of sp³-hybridized carbons (Fsp3) is 0.500. The smallest absolute Gasteiger partial charge is 0.356 e. The summed E-state index contributed by atoms with van der Waals surface area (Å²) in [6.07, 6.45) is -1.68. The Morgan fingerprint density at radius 3 is 2.57 bits per heavy atom. The summed E-state index contributed by atoms with van der Waals surface area (Å²) in [7, 11) is 1.63. The highest BCUT2D eigenvalue weighted by atomic mass is 127. The topological polar surface area (TPSA) is 75.3 Å². The van der Waals surface area contributed by atoms with E-state index in [0.717, 1.165) is 25.3 Å². The average molecular weight is 509 g/mol. The molecule has 10 heteroatoms. The normalized spacial score (nSPS) is 16.1. The van der Waals surface area contributed by atoms with Gasteiger partial charge in [-0.2, -0.15) is 18.2 Å². The Hall–Kier alpha value is -1.85. The highest BCUT2D eigenvalue weighted by Crippen LogP contribution is 2.44.